The SMILES string of the molecule is COC(C)c1ncccc1-c1nc2ccc(-c3cc(O)cc(CC(NC(=O)C(C(C)C)N(C)C=O)C(=O)N4CCCCN4)c3)cc2n1CC(C)(C)COC=O. The minimum absolute atomic E-state index is 0.00291. The van der Waals surface area contributed by atoms with Crippen LogP contribution in [-0.4, -0.2) is 100 Å². The zero-order valence-electron chi connectivity index (χ0n) is 32.7. The van der Waals surface area contributed by atoms with E-state index in [0.717, 1.165) is 40.7 Å². The quantitative estimate of drug-likeness (QED) is 0.129. The Bertz CT molecular complexity index is 1990. The molecule has 0 aliphatic carbocycles. The number of hydrogen-bond donors (Lipinski definition) is 3. The maximum absolute atomic E-state index is 13.9. The average Bonchev–Trinajstić information content (AvgIpc) is 3.52. The molecule has 0 saturated carbocycles. The van der Waals surface area contributed by atoms with Crippen molar-refractivity contribution in [3.05, 3.63) is 66.0 Å². The Labute approximate surface area is 322 Å². The summed E-state index contributed by atoms with van der Waals surface area (Å²) in [7, 11) is 3.18. The van der Waals surface area contributed by atoms with E-state index in [2.05, 4.69) is 20.3 Å². The van der Waals surface area contributed by atoms with Gasteiger partial charge in [0.2, 0.25) is 12.3 Å². The number of pyridine rings is 1. The van der Waals surface area contributed by atoms with Gasteiger partial charge in [0, 0.05) is 57.4 Å². The number of carbonyl (C=O) groups is 4. The summed E-state index contributed by atoms with van der Waals surface area (Å²) in [5.41, 5.74) is 7.86. The van der Waals surface area contributed by atoms with E-state index in [1.54, 1.807) is 37.5 Å². The van der Waals surface area contributed by atoms with Crippen LogP contribution in [0.3, 0.4) is 0 Å². The highest BCUT2D eigenvalue weighted by Gasteiger charge is 2.33. The lowest BCUT2D eigenvalue weighted by atomic mass is 9.94. The van der Waals surface area contributed by atoms with Gasteiger partial charge in [0.25, 0.3) is 12.4 Å². The van der Waals surface area contributed by atoms with Gasteiger partial charge >= 0.3 is 0 Å². The smallest absolute Gasteiger partial charge is 0.293 e. The molecule has 1 saturated heterocycles. The molecule has 0 bridgehead atoms. The molecule has 0 radical (unpaired) electrons. The number of nitrogens with one attached hydrogen (secondary N) is 2. The first-order chi connectivity index (χ1) is 26.3. The van der Waals surface area contributed by atoms with Gasteiger partial charge in [-0.1, -0.05) is 39.8 Å². The maximum atomic E-state index is 13.9. The molecule has 2 aromatic carbocycles. The molecule has 3 N–H and O–H groups in total. The second-order valence-electron chi connectivity index (χ2n) is 15.3. The van der Waals surface area contributed by atoms with Crippen molar-refractivity contribution in [2.24, 2.45) is 11.3 Å². The molecule has 3 amide bonds. The number of rotatable bonds is 17. The molecular weight excluding hydrogens is 702 g/mol. The highest BCUT2D eigenvalue weighted by atomic mass is 16.5. The summed E-state index contributed by atoms with van der Waals surface area (Å²) < 4.78 is 13.0. The average molecular weight is 756 g/mol. The summed E-state index contributed by atoms with van der Waals surface area (Å²) in [6, 6.07) is 13.1. The third-order valence-corrected chi connectivity index (χ3v) is 9.94. The molecule has 1 aliphatic heterocycles. The first-order valence-electron chi connectivity index (χ1n) is 18.7. The normalized spacial score (nSPS) is 15.0. The fourth-order valence-corrected chi connectivity index (χ4v) is 7.18. The Morgan fingerprint density at radius 3 is 2.55 bits per heavy atom. The number of likely N-dealkylation sites (N-methyl/N-ethyl adjacent to an activating group) is 1. The van der Waals surface area contributed by atoms with E-state index in [1.165, 1.54) is 4.90 Å². The van der Waals surface area contributed by atoms with E-state index in [4.69, 9.17) is 14.5 Å². The van der Waals surface area contributed by atoms with Gasteiger partial charge in [0.1, 0.15) is 23.7 Å². The van der Waals surface area contributed by atoms with Crippen molar-refractivity contribution in [2.45, 2.75) is 78.6 Å². The van der Waals surface area contributed by atoms with Gasteiger partial charge in [-0.25, -0.2) is 10.4 Å². The zero-order valence-corrected chi connectivity index (χ0v) is 32.7. The molecule has 55 heavy (non-hydrogen) atoms. The van der Waals surface area contributed by atoms with Crippen molar-refractivity contribution in [1.82, 2.24) is 35.2 Å². The number of ether oxygens (including phenoxy) is 2. The number of phenolic OH excluding ortho intramolecular Hbond substituents is 1. The molecule has 1 fully saturated rings. The van der Waals surface area contributed by atoms with Gasteiger partial charge in [-0.15, -0.1) is 0 Å². The zero-order chi connectivity index (χ0) is 39.9. The van der Waals surface area contributed by atoms with Gasteiger partial charge in [-0.05, 0) is 78.8 Å². The van der Waals surface area contributed by atoms with Crippen LogP contribution in [0, 0.1) is 11.3 Å². The lowest BCUT2D eigenvalue weighted by molar-refractivity contribution is -0.142. The third kappa shape index (κ3) is 9.67. The first-order valence-corrected chi connectivity index (χ1v) is 18.7. The molecular formula is C41H53N7O7. The highest BCUT2D eigenvalue weighted by molar-refractivity contribution is 5.91. The number of nitrogens with zero attached hydrogens (tertiary/aromatic N) is 5. The largest absolute Gasteiger partial charge is 0.508 e. The van der Waals surface area contributed by atoms with Gasteiger partial charge in [0.15, 0.2) is 0 Å². The van der Waals surface area contributed by atoms with E-state index in [-0.39, 0.29) is 36.7 Å². The standard InChI is InChI=1S/C41H53N7O7/c1-26(2)37(46(6)24-49)39(52)45-34(40(53)48-16-9-8-15-43-48)19-28-17-30(20-31(51)18-28)29-12-13-33-35(21-29)47(22-41(4,5)23-55-25-50)38(44-33)32-11-10-14-42-36(32)27(3)54-7/h10-14,17-18,20-21,24-27,34,37,43,51H,8-9,15-16,19,22-23H2,1-7H3,(H,45,52). The molecule has 3 atom stereocenters. The number of imidazole rings is 1. The van der Waals surface area contributed by atoms with Crippen molar-refractivity contribution in [1.29, 1.82) is 0 Å². The van der Waals surface area contributed by atoms with E-state index in [9.17, 15) is 24.3 Å². The summed E-state index contributed by atoms with van der Waals surface area (Å²) in [5, 5.41) is 15.5. The first kappa shape index (κ1) is 40.8. The van der Waals surface area contributed by atoms with Crippen molar-refractivity contribution in [3.63, 3.8) is 0 Å². The topological polar surface area (TPSA) is 168 Å². The van der Waals surface area contributed by atoms with Crippen molar-refractivity contribution < 1.29 is 33.8 Å². The summed E-state index contributed by atoms with van der Waals surface area (Å²) in [6.07, 6.45) is 3.88. The van der Waals surface area contributed by atoms with Crippen molar-refractivity contribution in [3.8, 4) is 28.3 Å². The number of hydrogen-bond acceptors (Lipinski definition) is 10. The molecule has 0 spiro atoms. The fourth-order valence-electron chi connectivity index (χ4n) is 7.18. The van der Waals surface area contributed by atoms with E-state index < -0.39 is 23.4 Å². The van der Waals surface area contributed by atoms with Crippen molar-refractivity contribution >= 4 is 35.7 Å². The number of hydrazine groups is 1. The number of fused-ring (bicyclic) bond motifs is 1. The van der Waals surface area contributed by atoms with Gasteiger partial charge in [0.05, 0.1) is 29.4 Å². The van der Waals surface area contributed by atoms with Gasteiger partial charge in [-0.2, -0.15) is 0 Å². The van der Waals surface area contributed by atoms with Gasteiger partial charge in [-0.3, -0.25) is 29.2 Å². The van der Waals surface area contributed by atoms with E-state index >= 15 is 0 Å². The minimum Gasteiger partial charge on any atom is -0.508 e. The number of methoxy groups -OCH3 is 1. The number of aromatic hydroxyl groups is 1. The van der Waals surface area contributed by atoms with Crippen LogP contribution in [0.2, 0.25) is 0 Å². The number of amides is 3. The van der Waals surface area contributed by atoms with Gasteiger partial charge < -0.3 is 29.4 Å². The maximum Gasteiger partial charge on any atom is 0.293 e. The molecule has 2 aromatic heterocycles. The van der Waals surface area contributed by atoms with E-state index in [1.807, 2.05) is 71.0 Å². The molecule has 3 heterocycles. The third-order valence-electron chi connectivity index (χ3n) is 9.94. The monoisotopic (exact) mass is 755 g/mol. The predicted molar refractivity (Wildman–Crippen MR) is 208 cm³/mol. The minimum atomic E-state index is -0.973. The summed E-state index contributed by atoms with van der Waals surface area (Å²) in [4.78, 5) is 61.4. The lowest BCUT2D eigenvalue weighted by Crippen LogP contribution is -2.58. The Morgan fingerprint density at radius 1 is 1.09 bits per heavy atom. The molecule has 294 valence electrons. The van der Waals surface area contributed by atoms with E-state index in [0.29, 0.717) is 49.5 Å². The summed E-state index contributed by atoms with van der Waals surface area (Å²) >= 11 is 0. The number of carbonyl (C=O) groups excluding carboxylic acids is 4. The molecule has 14 nitrogen and oxygen atoms in total. The van der Waals surface area contributed by atoms with Crippen LogP contribution in [0.4, 0.5) is 0 Å². The van der Waals surface area contributed by atoms with Crippen LogP contribution in [0.5, 0.6) is 5.75 Å². The molecule has 3 unspecified atom stereocenters. The Morgan fingerprint density at radius 2 is 1.87 bits per heavy atom. The van der Waals surface area contributed by atoms with Crippen LogP contribution in [0.1, 0.15) is 64.8 Å². The molecule has 4 aromatic rings. The molecule has 5 rings (SSSR count). The van der Waals surface area contributed by atoms with Crippen LogP contribution in [0.15, 0.2) is 54.7 Å². The molecule has 1 aliphatic rings. The number of aromatic nitrogens is 3. The fraction of sp³-hybridized carbons (Fsp3) is 0.463. The second-order valence-corrected chi connectivity index (χ2v) is 15.3. The number of phenols is 1. The highest BCUT2D eigenvalue weighted by Crippen LogP contribution is 2.35. The lowest BCUT2D eigenvalue weighted by Gasteiger charge is -2.33. The van der Waals surface area contributed by atoms with Crippen LogP contribution >= 0.6 is 0 Å². The van der Waals surface area contributed by atoms with Crippen molar-refractivity contribution in [2.75, 3.05) is 33.9 Å². The van der Waals surface area contributed by atoms with Crippen LogP contribution in [0.25, 0.3) is 33.5 Å². The van der Waals surface area contributed by atoms with Crippen LogP contribution in [-0.2, 0) is 41.6 Å². The summed E-state index contributed by atoms with van der Waals surface area (Å²) in [5.74, 6) is -0.263. The Hall–Kier alpha value is -5.34. The number of benzene rings is 2. The predicted octanol–water partition coefficient (Wildman–Crippen LogP) is 4.64. The Kier molecular flexibility index (Phi) is 13.3. The second kappa shape index (κ2) is 17.9. The molecule has 14 heteroatoms. The summed E-state index contributed by atoms with van der Waals surface area (Å²) in [6.45, 7) is 11.9. The Balaban J connectivity index is 1.57. The van der Waals surface area contributed by atoms with Crippen LogP contribution < -0.4 is 10.7 Å².